The molecule has 2 heterocycles. The van der Waals surface area contributed by atoms with Gasteiger partial charge in [0.25, 0.3) is 0 Å². The van der Waals surface area contributed by atoms with E-state index in [2.05, 4.69) is 10.3 Å². The first-order chi connectivity index (χ1) is 16.0. The van der Waals surface area contributed by atoms with E-state index in [0.29, 0.717) is 27.2 Å². The lowest BCUT2D eigenvalue weighted by molar-refractivity contribution is -0.113. The van der Waals surface area contributed by atoms with E-state index in [1.54, 1.807) is 48.5 Å². The molecule has 3 aromatic carbocycles. The summed E-state index contributed by atoms with van der Waals surface area (Å²) in [4.78, 5) is 30.5. The molecule has 5 rings (SSSR count). The second-order valence-electron chi connectivity index (χ2n) is 7.08. The van der Waals surface area contributed by atoms with E-state index in [4.69, 9.17) is 16.0 Å². The molecule has 1 N–H and O–H groups in total. The van der Waals surface area contributed by atoms with Crippen molar-refractivity contribution < 1.29 is 13.6 Å². The molecule has 2 aromatic heterocycles. The smallest absolute Gasteiger partial charge is 0.302 e. The highest BCUT2D eigenvalue weighted by Gasteiger charge is 2.21. The minimum absolute atomic E-state index is 0.0179. The summed E-state index contributed by atoms with van der Waals surface area (Å²) in [6, 6.07) is 19.9. The van der Waals surface area contributed by atoms with Crippen LogP contribution in [0.5, 0.6) is 0 Å². The van der Waals surface area contributed by atoms with Crippen molar-refractivity contribution in [1.29, 1.82) is 0 Å². The molecule has 33 heavy (non-hydrogen) atoms. The number of halogens is 2. The van der Waals surface area contributed by atoms with E-state index < -0.39 is 11.4 Å². The molecule has 0 radical (unpaired) electrons. The molecule has 0 unspecified atom stereocenters. The highest BCUT2D eigenvalue weighted by atomic mass is 35.5. The van der Waals surface area contributed by atoms with E-state index in [0.717, 1.165) is 16.3 Å². The first kappa shape index (κ1) is 21.2. The molecule has 0 aliphatic heterocycles. The Morgan fingerprint density at radius 1 is 1.06 bits per heavy atom. The summed E-state index contributed by atoms with van der Waals surface area (Å²) in [6.45, 7) is 0. The van der Waals surface area contributed by atoms with E-state index in [9.17, 15) is 14.0 Å². The summed E-state index contributed by atoms with van der Waals surface area (Å²) in [5.41, 5.74) is 0.805. The average Bonchev–Trinajstić information content (AvgIpc) is 3.19. The Morgan fingerprint density at radius 3 is 2.61 bits per heavy atom. The summed E-state index contributed by atoms with van der Waals surface area (Å²) >= 11 is 7.12. The lowest BCUT2D eigenvalue weighted by atomic mass is 10.2. The zero-order valence-corrected chi connectivity index (χ0v) is 18.5. The Bertz CT molecular complexity index is 1580. The van der Waals surface area contributed by atoms with Crippen molar-refractivity contribution in [2.75, 3.05) is 11.1 Å². The summed E-state index contributed by atoms with van der Waals surface area (Å²) in [6.07, 6.45) is 0. The number of nitrogens with zero attached hydrogens (tertiary/aromatic N) is 2. The monoisotopic (exact) mass is 479 g/mol. The van der Waals surface area contributed by atoms with Gasteiger partial charge in [-0.25, -0.2) is 13.9 Å². The van der Waals surface area contributed by atoms with Gasteiger partial charge in [0.2, 0.25) is 11.5 Å². The molecule has 0 aliphatic rings. The molecule has 0 saturated carbocycles. The molecular weight excluding hydrogens is 465 g/mol. The van der Waals surface area contributed by atoms with Crippen LogP contribution in [0, 0.1) is 5.82 Å². The summed E-state index contributed by atoms with van der Waals surface area (Å²) < 4.78 is 21.5. The Hall–Kier alpha value is -3.62. The predicted octanol–water partition coefficient (Wildman–Crippen LogP) is 5.66. The van der Waals surface area contributed by atoms with Gasteiger partial charge in [0, 0.05) is 5.39 Å². The van der Waals surface area contributed by atoms with Crippen LogP contribution in [0.15, 0.2) is 87.2 Å². The molecule has 1 amide bonds. The van der Waals surface area contributed by atoms with E-state index in [-0.39, 0.29) is 28.1 Å². The molecule has 0 bridgehead atoms. The van der Waals surface area contributed by atoms with Crippen molar-refractivity contribution in [1.82, 2.24) is 9.55 Å². The number of thioether (sulfide) groups is 1. The first-order valence-electron chi connectivity index (χ1n) is 9.89. The minimum Gasteiger partial charge on any atom is -0.448 e. The van der Waals surface area contributed by atoms with Crippen molar-refractivity contribution in [2.45, 2.75) is 5.16 Å². The largest absolute Gasteiger partial charge is 0.448 e. The number of amides is 1. The van der Waals surface area contributed by atoms with Crippen molar-refractivity contribution in [2.24, 2.45) is 0 Å². The van der Waals surface area contributed by atoms with Crippen LogP contribution in [0.3, 0.4) is 0 Å². The van der Waals surface area contributed by atoms with Crippen LogP contribution >= 0.6 is 23.4 Å². The van der Waals surface area contributed by atoms with Crippen molar-refractivity contribution >= 4 is 57.0 Å². The molecule has 0 fully saturated rings. The Labute approximate surface area is 196 Å². The van der Waals surface area contributed by atoms with Gasteiger partial charge in [-0.05, 0) is 36.4 Å². The summed E-state index contributed by atoms with van der Waals surface area (Å²) in [7, 11) is 0. The van der Waals surface area contributed by atoms with Gasteiger partial charge in [-0.2, -0.15) is 0 Å². The number of para-hydroxylation sites is 3. The number of carbonyl (C=O) groups excluding carboxylic acids is 1. The van der Waals surface area contributed by atoms with Gasteiger partial charge in [0.05, 0.1) is 22.2 Å². The van der Waals surface area contributed by atoms with Gasteiger partial charge < -0.3 is 9.73 Å². The number of aromatic nitrogens is 2. The van der Waals surface area contributed by atoms with Crippen LogP contribution in [-0.4, -0.2) is 21.2 Å². The molecule has 0 atom stereocenters. The Balaban J connectivity index is 1.59. The van der Waals surface area contributed by atoms with E-state index >= 15 is 0 Å². The van der Waals surface area contributed by atoms with Crippen LogP contribution < -0.4 is 10.9 Å². The number of benzene rings is 3. The third-order valence-electron chi connectivity index (χ3n) is 4.94. The number of fused-ring (bicyclic) bond motifs is 3. The standard InChI is InChI=1S/C24H15ClFN3O3S/c25-15-8-2-4-10-17(15)27-20(30)13-33-24-28-21-14-7-1-6-12-19(14)32-22(21)23(31)29(24)18-11-5-3-9-16(18)26/h1-12H,13H2,(H,27,30). The van der Waals surface area contributed by atoms with Crippen molar-refractivity contribution in [3.63, 3.8) is 0 Å². The molecule has 9 heteroatoms. The van der Waals surface area contributed by atoms with Gasteiger partial charge in [-0.3, -0.25) is 9.59 Å². The van der Waals surface area contributed by atoms with Crippen molar-refractivity contribution in [3.05, 3.63) is 94.0 Å². The summed E-state index contributed by atoms with van der Waals surface area (Å²) in [5, 5.41) is 3.96. The molecule has 0 saturated heterocycles. The number of furan rings is 1. The predicted molar refractivity (Wildman–Crippen MR) is 128 cm³/mol. The Morgan fingerprint density at radius 2 is 1.79 bits per heavy atom. The van der Waals surface area contributed by atoms with Crippen LogP contribution in [0.1, 0.15) is 0 Å². The van der Waals surface area contributed by atoms with Crippen LogP contribution in [0.4, 0.5) is 10.1 Å². The number of nitrogens with one attached hydrogen (secondary N) is 1. The molecular formula is C24H15ClFN3O3S. The first-order valence-corrected chi connectivity index (χ1v) is 11.3. The SMILES string of the molecule is O=C(CSc1nc2c(oc3ccccc32)c(=O)n1-c1ccccc1F)Nc1ccccc1Cl. The minimum atomic E-state index is -0.598. The number of carbonyl (C=O) groups is 1. The molecule has 6 nitrogen and oxygen atoms in total. The van der Waals surface area contributed by atoms with E-state index in [1.807, 2.05) is 6.07 Å². The Kier molecular flexibility index (Phi) is 5.62. The quantitative estimate of drug-likeness (QED) is 0.260. The number of hydrogen-bond donors (Lipinski definition) is 1. The maximum atomic E-state index is 14.6. The molecule has 164 valence electrons. The molecule has 0 spiro atoms. The van der Waals surface area contributed by atoms with Gasteiger partial charge in [0.15, 0.2) is 5.16 Å². The molecule has 0 aliphatic carbocycles. The maximum absolute atomic E-state index is 14.6. The second kappa shape index (κ2) is 8.73. The highest BCUT2D eigenvalue weighted by Crippen LogP contribution is 2.29. The fourth-order valence-electron chi connectivity index (χ4n) is 3.44. The maximum Gasteiger partial charge on any atom is 0.302 e. The molecule has 5 aromatic rings. The van der Waals surface area contributed by atoms with Gasteiger partial charge in [-0.1, -0.05) is 59.8 Å². The van der Waals surface area contributed by atoms with Gasteiger partial charge in [0.1, 0.15) is 16.9 Å². The normalized spacial score (nSPS) is 11.2. The van der Waals surface area contributed by atoms with Gasteiger partial charge >= 0.3 is 5.56 Å². The fourth-order valence-corrected chi connectivity index (χ4v) is 4.42. The lowest BCUT2D eigenvalue weighted by Gasteiger charge is -2.12. The van der Waals surface area contributed by atoms with Crippen LogP contribution in [0.2, 0.25) is 5.02 Å². The number of hydrogen-bond acceptors (Lipinski definition) is 5. The highest BCUT2D eigenvalue weighted by molar-refractivity contribution is 7.99. The second-order valence-corrected chi connectivity index (χ2v) is 8.43. The average molecular weight is 480 g/mol. The number of rotatable bonds is 5. The lowest BCUT2D eigenvalue weighted by Crippen LogP contribution is -2.23. The van der Waals surface area contributed by atoms with Crippen molar-refractivity contribution in [3.8, 4) is 5.69 Å². The van der Waals surface area contributed by atoms with E-state index in [1.165, 1.54) is 18.2 Å². The third-order valence-corrected chi connectivity index (χ3v) is 6.21. The summed E-state index contributed by atoms with van der Waals surface area (Å²) in [5.74, 6) is -1.02. The topological polar surface area (TPSA) is 77.1 Å². The zero-order valence-electron chi connectivity index (χ0n) is 16.9. The number of anilines is 1. The van der Waals surface area contributed by atoms with Gasteiger partial charge in [-0.15, -0.1) is 0 Å². The van der Waals surface area contributed by atoms with Crippen LogP contribution in [-0.2, 0) is 4.79 Å². The fraction of sp³-hybridized carbons (Fsp3) is 0.0417. The van der Waals surface area contributed by atoms with Crippen LogP contribution in [0.25, 0.3) is 27.8 Å². The zero-order chi connectivity index (χ0) is 22.9. The third kappa shape index (κ3) is 3.99.